The van der Waals surface area contributed by atoms with Gasteiger partial charge in [-0.05, 0) is 13.8 Å². The van der Waals surface area contributed by atoms with Gasteiger partial charge in [-0.15, -0.1) is 11.8 Å². The molecule has 0 aromatic carbocycles. The van der Waals surface area contributed by atoms with Gasteiger partial charge in [0.05, 0.1) is 24.7 Å². The van der Waals surface area contributed by atoms with Crippen molar-refractivity contribution in [3.05, 3.63) is 0 Å². The number of hydrogen-bond acceptors (Lipinski definition) is 9. The van der Waals surface area contributed by atoms with Gasteiger partial charge in [0, 0.05) is 0 Å². The van der Waals surface area contributed by atoms with Crippen LogP contribution < -0.4 is 0 Å². The van der Waals surface area contributed by atoms with E-state index in [4.69, 9.17) is 18.9 Å². The highest BCUT2D eigenvalue weighted by molar-refractivity contribution is 8.00. The molecule has 0 spiro atoms. The van der Waals surface area contributed by atoms with Crippen LogP contribution in [0.4, 0.5) is 0 Å². The van der Waals surface area contributed by atoms with Crippen molar-refractivity contribution in [2.75, 3.05) is 37.9 Å². The molecule has 0 amide bonds. The van der Waals surface area contributed by atoms with Gasteiger partial charge in [-0.3, -0.25) is 0 Å². The molecule has 0 bridgehead atoms. The number of hydrogen-bond donors (Lipinski definition) is 0. The van der Waals surface area contributed by atoms with Crippen molar-refractivity contribution in [1.29, 1.82) is 0 Å². The van der Waals surface area contributed by atoms with E-state index in [0.717, 1.165) is 0 Å². The second kappa shape index (κ2) is 8.76. The minimum absolute atomic E-state index is 0.219. The molecule has 0 N–H and O–H groups in total. The largest absolute Gasteiger partial charge is 0.477 e. The van der Waals surface area contributed by atoms with Crippen LogP contribution in [-0.2, 0) is 28.5 Å². The maximum Gasteiger partial charge on any atom is 0.334 e. The van der Waals surface area contributed by atoms with Crippen molar-refractivity contribution in [2.45, 2.75) is 25.9 Å². The van der Waals surface area contributed by atoms with Crippen molar-refractivity contribution in [2.24, 2.45) is 9.98 Å². The highest BCUT2D eigenvalue weighted by Crippen LogP contribution is 2.14. The fourth-order valence-electron chi connectivity index (χ4n) is 1.95. The number of esters is 2. The zero-order valence-corrected chi connectivity index (χ0v) is 14.0. The first-order chi connectivity index (χ1) is 11.1. The summed E-state index contributed by atoms with van der Waals surface area (Å²) in [5, 5.41) is 0. The van der Waals surface area contributed by atoms with Gasteiger partial charge in [-0.2, -0.15) is 0 Å². The normalized spacial score (nSPS) is 22.7. The van der Waals surface area contributed by atoms with Crippen LogP contribution in [0.5, 0.6) is 0 Å². The number of thioether (sulfide) groups is 1. The Morgan fingerprint density at radius 3 is 1.83 bits per heavy atom. The van der Waals surface area contributed by atoms with E-state index in [2.05, 4.69) is 9.98 Å². The third-order valence-electron chi connectivity index (χ3n) is 2.98. The lowest BCUT2D eigenvalue weighted by atomic mass is 10.3. The van der Waals surface area contributed by atoms with E-state index >= 15 is 0 Å². The SMILES string of the molecule is CCOC(=O)C1COC(CSCC2=NC(C(=O)OCC)CO2)=N1. The predicted molar refractivity (Wildman–Crippen MR) is 84.9 cm³/mol. The number of aliphatic imine (C=N–C) groups is 2. The second-order valence-electron chi connectivity index (χ2n) is 4.70. The maximum absolute atomic E-state index is 11.5. The molecular formula is C14H20N2O6S. The van der Waals surface area contributed by atoms with Gasteiger partial charge in [0.2, 0.25) is 0 Å². The molecule has 0 aromatic rings. The van der Waals surface area contributed by atoms with E-state index in [1.165, 1.54) is 11.8 Å². The molecule has 2 aliphatic rings. The van der Waals surface area contributed by atoms with Crippen LogP contribution in [0.15, 0.2) is 9.98 Å². The zero-order chi connectivity index (χ0) is 16.7. The van der Waals surface area contributed by atoms with E-state index in [-0.39, 0.29) is 25.2 Å². The molecule has 0 radical (unpaired) electrons. The predicted octanol–water partition coefficient (Wildman–Crippen LogP) is 0.440. The van der Waals surface area contributed by atoms with E-state index in [9.17, 15) is 9.59 Å². The molecule has 8 nitrogen and oxygen atoms in total. The van der Waals surface area contributed by atoms with Gasteiger partial charge in [0.25, 0.3) is 0 Å². The molecule has 2 heterocycles. The van der Waals surface area contributed by atoms with Gasteiger partial charge in [0.1, 0.15) is 13.2 Å². The van der Waals surface area contributed by atoms with E-state index < -0.39 is 12.1 Å². The summed E-state index contributed by atoms with van der Waals surface area (Å²) in [7, 11) is 0. The molecule has 0 aromatic heterocycles. The molecule has 0 saturated carbocycles. The van der Waals surface area contributed by atoms with Crippen molar-refractivity contribution >= 4 is 35.5 Å². The monoisotopic (exact) mass is 344 g/mol. The highest BCUT2D eigenvalue weighted by atomic mass is 32.2. The van der Waals surface area contributed by atoms with Crippen LogP contribution in [0, 0.1) is 0 Å². The van der Waals surface area contributed by atoms with E-state index in [0.29, 0.717) is 36.5 Å². The maximum atomic E-state index is 11.5. The van der Waals surface area contributed by atoms with Gasteiger partial charge < -0.3 is 18.9 Å². The zero-order valence-electron chi connectivity index (χ0n) is 13.1. The van der Waals surface area contributed by atoms with Gasteiger partial charge in [-0.1, -0.05) is 0 Å². The average molecular weight is 344 g/mol. The van der Waals surface area contributed by atoms with Gasteiger partial charge in [0.15, 0.2) is 23.9 Å². The molecular weight excluding hydrogens is 324 g/mol. The van der Waals surface area contributed by atoms with Crippen molar-refractivity contribution in [3.8, 4) is 0 Å². The summed E-state index contributed by atoms with van der Waals surface area (Å²) in [6.45, 7) is 4.59. The lowest BCUT2D eigenvalue weighted by Crippen LogP contribution is -2.22. The molecule has 0 saturated heterocycles. The number of rotatable bonds is 8. The molecule has 2 rings (SSSR count). The number of ether oxygens (including phenoxy) is 4. The molecule has 9 heteroatoms. The number of nitrogens with zero attached hydrogens (tertiary/aromatic N) is 2. The summed E-state index contributed by atoms with van der Waals surface area (Å²) >= 11 is 1.49. The summed E-state index contributed by atoms with van der Waals surface area (Å²) in [6.07, 6.45) is 0. The first kappa shape index (κ1) is 17.6. The smallest absolute Gasteiger partial charge is 0.334 e. The molecule has 0 fully saturated rings. The van der Waals surface area contributed by atoms with Crippen LogP contribution in [0.3, 0.4) is 0 Å². The molecule has 128 valence electrons. The lowest BCUT2D eigenvalue weighted by Gasteiger charge is -2.03. The van der Waals surface area contributed by atoms with Crippen LogP contribution in [0.25, 0.3) is 0 Å². The Labute approximate surface area is 138 Å². The van der Waals surface area contributed by atoms with Gasteiger partial charge in [-0.25, -0.2) is 19.6 Å². The summed E-state index contributed by atoms with van der Waals surface area (Å²) in [4.78, 5) is 31.4. The van der Waals surface area contributed by atoms with E-state index in [1.54, 1.807) is 13.8 Å². The van der Waals surface area contributed by atoms with Crippen LogP contribution in [0.1, 0.15) is 13.8 Å². The molecule has 2 aliphatic heterocycles. The Kier molecular flexibility index (Phi) is 6.69. The van der Waals surface area contributed by atoms with Gasteiger partial charge >= 0.3 is 11.9 Å². The number of carbonyl (C=O) groups excluding carboxylic acids is 2. The standard InChI is InChI=1S/C14H20N2O6S/c1-3-19-13(17)9-5-21-11(15-9)7-23-8-12-16-10(6-22-12)14(18)20-4-2/h9-10H,3-8H2,1-2H3. The molecule has 0 aliphatic carbocycles. The molecule has 23 heavy (non-hydrogen) atoms. The Bertz CT molecular complexity index is 463. The third kappa shape index (κ3) is 5.12. The number of carbonyl (C=O) groups is 2. The highest BCUT2D eigenvalue weighted by Gasteiger charge is 2.28. The molecule has 2 atom stereocenters. The Hall–Kier alpha value is -1.77. The summed E-state index contributed by atoms with van der Waals surface area (Å²) < 4.78 is 20.5. The first-order valence-corrected chi connectivity index (χ1v) is 8.59. The molecule has 2 unspecified atom stereocenters. The lowest BCUT2D eigenvalue weighted by molar-refractivity contribution is -0.145. The van der Waals surface area contributed by atoms with Crippen LogP contribution in [0.2, 0.25) is 0 Å². The quantitative estimate of drug-likeness (QED) is 0.590. The minimum Gasteiger partial charge on any atom is -0.477 e. The van der Waals surface area contributed by atoms with E-state index in [1.807, 2.05) is 0 Å². The summed E-state index contributed by atoms with van der Waals surface area (Å²) in [6, 6.07) is -1.14. The second-order valence-corrected chi connectivity index (χ2v) is 5.68. The summed E-state index contributed by atoms with van der Waals surface area (Å²) in [5.41, 5.74) is 0. The Morgan fingerprint density at radius 2 is 1.43 bits per heavy atom. The van der Waals surface area contributed by atoms with Crippen molar-refractivity contribution < 1.29 is 28.5 Å². The Morgan fingerprint density at radius 1 is 1.00 bits per heavy atom. The third-order valence-corrected chi connectivity index (χ3v) is 3.89. The topological polar surface area (TPSA) is 95.8 Å². The van der Waals surface area contributed by atoms with Crippen LogP contribution in [-0.4, -0.2) is 73.8 Å². The van der Waals surface area contributed by atoms with Crippen molar-refractivity contribution in [1.82, 2.24) is 0 Å². The first-order valence-electron chi connectivity index (χ1n) is 7.44. The van der Waals surface area contributed by atoms with Crippen LogP contribution >= 0.6 is 11.8 Å². The van der Waals surface area contributed by atoms with Crippen molar-refractivity contribution in [3.63, 3.8) is 0 Å². The fourth-order valence-corrected chi connectivity index (χ4v) is 2.72. The average Bonchev–Trinajstić information content (AvgIpc) is 3.17. The summed E-state index contributed by atoms with van der Waals surface area (Å²) in [5.74, 6) is 1.29. The fraction of sp³-hybridized carbons (Fsp3) is 0.714. The minimum atomic E-state index is -0.571. The Balaban J connectivity index is 1.71.